The maximum Gasteiger partial charge on any atom is 0.0670 e. The summed E-state index contributed by atoms with van der Waals surface area (Å²) in [5.74, 6) is 0. The summed E-state index contributed by atoms with van der Waals surface area (Å²) in [6.07, 6.45) is 0.717. The molecule has 0 spiro atoms. The van der Waals surface area contributed by atoms with Crippen molar-refractivity contribution in [2.75, 3.05) is 0 Å². The van der Waals surface area contributed by atoms with Crippen LogP contribution in [0.4, 0.5) is 0 Å². The van der Waals surface area contributed by atoms with Gasteiger partial charge >= 0.3 is 0 Å². The average Bonchev–Trinajstić information content (AvgIpc) is 2.14. The predicted octanol–water partition coefficient (Wildman–Crippen LogP) is 1.83. The summed E-state index contributed by atoms with van der Waals surface area (Å²) in [7, 11) is 0. The van der Waals surface area contributed by atoms with E-state index < -0.39 is 0 Å². The van der Waals surface area contributed by atoms with Gasteiger partial charge in [-0.15, -0.1) is 0 Å². The van der Waals surface area contributed by atoms with Crippen LogP contribution in [0, 0.1) is 36.5 Å². The molecule has 0 unspecified atom stereocenters. The van der Waals surface area contributed by atoms with E-state index in [2.05, 4.69) is 17.1 Å². The number of hydrogen-bond donors (Lipinski definition) is 0. The van der Waals surface area contributed by atoms with Gasteiger partial charge in [0.15, 0.2) is 0 Å². The lowest BCUT2D eigenvalue weighted by Crippen LogP contribution is -1.99. The number of nitriles is 2. The van der Waals surface area contributed by atoms with Crippen LogP contribution in [-0.2, 0) is 12.8 Å². The first-order chi connectivity index (χ1) is 6.69. The number of aryl methyl sites for hydroxylation is 2. The molecule has 0 N–H and O–H groups in total. The molecule has 0 aliphatic rings. The van der Waals surface area contributed by atoms with Crippen LogP contribution < -0.4 is 0 Å². The topological polar surface area (TPSA) is 60.5 Å². The summed E-state index contributed by atoms with van der Waals surface area (Å²) >= 11 is 0. The first-order valence-corrected chi connectivity index (χ1v) is 4.39. The van der Waals surface area contributed by atoms with E-state index in [1.807, 2.05) is 19.9 Å². The Morgan fingerprint density at radius 3 is 1.86 bits per heavy atom. The Morgan fingerprint density at radius 1 is 1.07 bits per heavy atom. The van der Waals surface area contributed by atoms with Crippen LogP contribution in [0.2, 0.25) is 0 Å². The third-order valence-corrected chi connectivity index (χ3v) is 2.15. The van der Waals surface area contributed by atoms with E-state index >= 15 is 0 Å². The molecule has 0 amide bonds. The highest BCUT2D eigenvalue weighted by atomic mass is 14.7. The van der Waals surface area contributed by atoms with Crippen molar-refractivity contribution in [3.63, 3.8) is 0 Å². The van der Waals surface area contributed by atoms with Gasteiger partial charge in [-0.1, -0.05) is 6.07 Å². The van der Waals surface area contributed by atoms with E-state index in [-0.39, 0.29) is 0 Å². The molecule has 1 aromatic heterocycles. The number of rotatable bonds is 2. The van der Waals surface area contributed by atoms with Gasteiger partial charge in [0.25, 0.3) is 0 Å². The van der Waals surface area contributed by atoms with Crippen LogP contribution in [0.15, 0.2) is 6.07 Å². The standard InChI is InChI=1S/C11H11N3/c1-8-10(3-5-12)7-11(4-6-13)9(2)14-8/h7H,3-4H2,1-2H3. The Hall–Kier alpha value is -1.87. The second-order valence-corrected chi connectivity index (χ2v) is 3.15. The molecule has 0 saturated carbocycles. The molecule has 0 atom stereocenters. The summed E-state index contributed by atoms with van der Waals surface area (Å²) in [5, 5.41) is 17.2. The lowest BCUT2D eigenvalue weighted by Gasteiger charge is -2.06. The van der Waals surface area contributed by atoms with Crippen molar-refractivity contribution in [3.05, 3.63) is 28.6 Å². The SMILES string of the molecule is Cc1nc(C)c(CC#N)cc1CC#N. The fourth-order valence-electron chi connectivity index (χ4n) is 1.34. The van der Waals surface area contributed by atoms with Crippen LogP contribution in [0.25, 0.3) is 0 Å². The Labute approximate surface area is 83.6 Å². The fraction of sp³-hybridized carbons (Fsp3) is 0.364. The van der Waals surface area contributed by atoms with Gasteiger partial charge in [0.05, 0.1) is 25.0 Å². The van der Waals surface area contributed by atoms with E-state index in [1.54, 1.807) is 0 Å². The summed E-state index contributed by atoms with van der Waals surface area (Å²) in [6.45, 7) is 3.77. The van der Waals surface area contributed by atoms with Crippen molar-refractivity contribution >= 4 is 0 Å². The number of hydrogen-bond acceptors (Lipinski definition) is 3. The Bertz CT molecular complexity index is 384. The molecule has 3 nitrogen and oxygen atoms in total. The third kappa shape index (κ3) is 2.08. The predicted molar refractivity (Wildman–Crippen MR) is 52.3 cm³/mol. The van der Waals surface area contributed by atoms with Crippen molar-refractivity contribution in [1.29, 1.82) is 10.5 Å². The normalized spacial score (nSPS) is 9.14. The van der Waals surface area contributed by atoms with Crippen LogP contribution in [-0.4, -0.2) is 4.98 Å². The highest BCUT2D eigenvalue weighted by Crippen LogP contribution is 2.13. The molecular formula is C11H11N3. The number of pyridine rings is 1. The summed E-state index contributed by atoms with van der Waals surface area (Å²) in [5.41, 5.74) is 3.60. The van der Waals surface area contributed by atoms with E-state index in [1.165, 1.54) is 0 Å². The van der Waals surface area contributed by atoms with Gasteiger partial charge in [0.1, 0.15) is 0 Å². The van der Waals surface area contributed by atoms with Crippen LogP contribution in [0.3, 0.4) is 0 Å². The van der Waals surface area contributed by atoms with Gasteiger partial charge in [-0.3, -0.25) is 4.98 Å². The fourth-order valence-corrected chi connectivity index (χ4v) is 1.34. The zero-order valence-electron chi connectivity index (χ0n) is 8.33. The van der Waals surface area contributed by atoms with Crippen molar-refractivity contribution in [1.82, 2.24) is 4.98 Å². The maximum atomic E-state index is 8.59. The van der Waals surface area contributed by atoms with Crippen molar-refractivity contribution in [2.24, 2.45) is 0 Å². The highest BCUT2D eigenvalue weighted by Gasteiger charge is 2.05. The van der Waals surface area contributed by atoms with E-state index in [4.69, 9.17) is 10.5 Å². The Balaban J connectivity index is 3.16. The molecule has 14 heavy (non-hydrogen) atoms. The average molecular weight is 185 g/mol. The summed E-state index contributed by atoms with van der Waals surface area (Å²) in [6, 6.07) is 6.09. The maximum absolute atomic E-state index is 8.59. The molecule has 0 fully saturated rings. The van der Waals surface area contributed by atoms with Gasteiger partial charge in [-0.05, 0) is 25.0 Å². The van der Waals surface area contributed by atoms with Crippen LogP contribution in [0.5, 0.6) is 0 Å². The monoisotopic (exact) mass is 185 g/mol. The number of aromatic nitrogens is 1. The van der Waals surface area contributed by atoms with E-state index in [9.17, 15) is 0 Å². The van der Waals surface area contributed by atoms with Crippen molar-refractivity contribution < 1.29 is 0 Å². The van der Waals surface area contributed by atoms with Gasteiger partial charge in [0.2, 0.25) is 0 Å². The second-order valence-electron chi connectivity index (χ2n) is 3.15. The van der Waals surface area contributed by atoms with Crippen molar-refractivity contribution in [3.8, 4) is 12.1 Å². The first kappa shape index (κ1) is 10.2. The molecule has 0 bridgehead atoms. The largest absolute Gasteiger partial charge is 0.258 e. The minimum atomic E-state index is 0.359. The molecule has 1 heterocycles. The number of nitrogens with zero attached hydrogens (tertiary/aromatic N) is 3. The van der Waals surface area contributed by atoms with Gasteiger partial charge in [-0.2, -0.15) is 10.5 Å². The summed E-state index contributed by atoms with van der Waals surface area (Å²) < 4.78 is 0. The van der Waals surface area contributed by atoms with E-state index in [0.717, 1.165) is 22.5 Å². The third-order valence-electron chi connectivity index (χ3n) is 2.15. The van der Waals surface area contributed by atoms with E-state index in [0.29, 0.717) is 12.8 Å². The quantitative estimate of drug-likeness (QED) is 0.706. The minimum absolute atomic E-state index is 0.359. The van der Waals surface area contributed by atoms with Gasteiger partial charge in [0, 0.05) is 11.4 Å². The molecule has 0 aliphatic carbocycles. The molecule has 0 saturated heterocycles. The first-order valence-electron chi connectivity index (χ1n) is 4.39. The smallest absolute Gasteiger partial charge is 0.0670 e. The molecule has 1 aromatic rings. The van der Waals surface area contributed by atoms with Crippen LogP contribution in [0.1, 0.15) is 22.5 Å². The summed E-state index contributed by atoms with van der Waals surface area (Å²) in [4.78, 5) is 4.31. The molecule has 3 heteroatoms. The molecule has 1 rings (SSSR count). The molecule has 70 valence electrons. The lowest BCUT2D eigenvalue weighted by molar-refractivity contribution is 1.02. The molecule has 0 radical (unpaired) electrons. The Kier molecular flexibility index (Phi) is 3.20. The second kappa shape index (κ2) is 4.39. The molecular weight excluding hydrogens is 174 g/mol. The molecule has 0 aliphatic heterocycles. The zero-order valence-corrected chi connectivity index (χ0v) is 8.33. The van der Waals surface area contributed by atoms with Gasteiger partial charge < -0.3 is 0 Å². The zero-order chi connectivity index (χ0) is 10.6. The lowest BCUT2D eigenvalue weighted by atomic mass is 10.0. The van der Waals surface area contributed by atoms with Gasteiger partial charge in [-0.25, -0.2) is 0 Å². The molecule has 0 aromatic carbocycles. The van der Waals surface area contributed by atoms with Crippen LogP contribution >= 0.6 is 0 Å². The van der Waals surface area contributed by atoms with Crippen molar-refractivity contribution in [2.45, 2.75) is 26.7 Å². The minimum Gasteiger partial charge on any atom is -0.258 e. The Morgan fingerprint density at radius 2 is 1.50 bits per heavy atom. The highest BCUT2D eigenvalue weighted by molar-refractivity contribution is 5.32.